The fraction of sp³-hybridized carbons (Fsp3) is 0.278. The number of sulfonamides is 1. The third kappa shape index (κ3) is 4.09. The summed E-state index contributed by atoms with van der Waals surface area (Å²) in [5.41, 5.74) is 1.22. The van der Waals surface area contributed by atoms with E-state index in [4.69, 9.17) is 5.11 Å². The summed E-state index contributed by atoms with van der Waals surface area (Å²) in [5, 5.41) is 8.92. The van der Waals surface area contributed by atoms with Gasteiger partial charge in [-0.25, -0.2) is 17.6 Å². The van der Waals surface area contributed by atoms with Gasteiger partial charge in [0.15, 0.2) is 0 Å². The molecule has 26 heavy (non-hydrogen) atoms. The Kier molecular flexibility index (Phi) is 5.36. The molecule has 0 aliphatic carbocycles. The number of hydrogen-bond donors (Lipinski definition) is 1. The van der Waals surface area contributed by atoms with E-state index in [1.165, 1.54) is 16.4 Å². The van der Waals surface area contributed by atoms with Crippen LogP contribution in [0.15, 0.2) is 53.4 Å². The molecule has 0 spiro atoms. The van der Waals surface area contributed by atoms with Gasteiger partial charge in [-0.15, -0.1) is 0 Å². The van der Waals surface area contributed by atoms with E-state index in [1.807, 2.05) is 0 Å². The fourth-order valence-corrected chi connectivity index (χ4v) is 4.32. The molecule has 0 radical (unpaired) electrons. The Bertz CT molecular complexity index is 874. The molecule has 1 fully saturated rings. The van der Waals surface area contributed by atoms with Crippen molar-refractivity contribution in [1.82, 2.24) is 9.21 Å². The molecule has 0 amide bonds. The number of carbonyl (C=O) groups is 1. The lowest BCUT2D eigenvalue weighted by atomic mass is 10.1. The molecule has 1 heterocycles. The number of benzene rings is 2. The van der Waals surface area contributed by atoms with Gasteiger partial charge < -0.3 is 5.11 Å². The Morgan fingerprint density at radius 3 is 2.08 bits per heavy atom. The largest absolute Gasteiger partial charge is 0.478 e. The van der Waals surface area contributed by atoms with E-state index in [1.54, 1.807) is 24.3 Å². The van der Waals surface area contributed by atoms with Gasteiger partial charge >= 0.3 is 5.97 Å². The molecule has 0 unspecified atom stereocenters. The highest BCUT2D eigenvalue weighted by atomic mass is 32.2. The molecule has 1 saturated heterocycles. The van der Waals surface area contributed by atoms with E-state index in [0.717, 1.165) is 17.7 Å². The highest BCUT2D eigenvalue weighted by Gasteiger charge is 2.28. The van der Waals surface area contributed by atoms with E-state index in [9.17, 15) is 17.6 Å². The van der Waals surface area contributed by atoms with Gasteiger partial charge in [0.1, 0.15) is 5.82 Å². The van der Waals surface area contributed by atoms with E-state index in [2.05, 4.69) is 4.90 Å². The number of rotatable bonds is 5. The van der Waals surface area contributed by atoms with Gasteiger partial charge in [-0.2, -0.15) is 4.31 Å². The Balaban J connectivity index is 1.60. The molecule has 0 bridgehead atoms. The lowest BCUT2D eigenvalue weighted by Gasteiger charge is -2.34. The van der Waals surface area contributed by atoms with Gasteiger partial charge in [0, 0.05) is 32.7 Å². The summed E-state index contributed by atoms with van der Waals surface area (Å²) in [6, 6.07) is 11.5. The molecular formula is C18H19FN2O4S. The summed E-state index contributed by atoms with van der Waals surface area (Å²) in [4.78, 5) is 13.1. The number of carboxylic acids is 1. The molecule has 2 aromatic carbocycles. The quantitative estimate of drug-likeness (QED) is 0.861. The zero-order chi connectivity index (χ0) is 18.7. The summed E-state index contributed by atoms with van der Waals surface area (Å²) in [6.07, 6.45) is 0. The maximum Gasteiger partial charge on any atom is 0.335 e. The van der Waals surface area contributed by atoms with Gasteiger partial charge in [-0.05, 0) is 42.0 Å². The predicted octanol–water partition coefficient (Wildman–Crippen LogP) is 2.03. The van der Waals surface area contributed by atoms with Crippen molar-refractivity contribution < 1.29 is 22.7 Å². The predicted molar refractivity (Wildman–Crippen MR) is 93.8 cm³/mol. The number of hydrogen-bond acceptors (Lipinski definition) is 4. The second-order valence-corrected chi connectivity index (χ2v) is 8.07. The molecule has 0 saturated carbocycles. The Morgan fingerprint density at radius 1 is 0.962 bits per heavy atom. The van der Waals surface area contributed by atoms with Crippen molar-refractivity contribution >= 4 is 16.0 Å². The van der Waals surface area contributed by atoms with Crippen molar-refractivity contribution in [2.45, 2.75) is 11.4 Å². The van der Waals surface area contributed by atoms with Crippen molar-refractivity contribution in [2.24, 2.45) is 0 Å². The van der Waals surface area contributed by atoms with E-state index in [-0.39, 0.29) is 10.5 Å². The SMILES string of the molecule is O=C(O)c1ccc(CN2CCN(S(=O)(=O)c3ccc(F)cc3)CC2)cc1. The monoisotopic (exact) mass is 378 g/mol. The summed E-state index contributed by atoms with van der Waals surface area (Å²) in [5.74, 6) is -1.43. The highest BCUT2D eigenvalue weighted by Crippen LogP contribution is 2.19. The fourth-order valence-electron chi connectivity index (χ4n) is 2.89. The third-order valence-electron chi connectivity index (χ3n) is 4.39. The van der Waals surface area contributed by atoms with Crippen LogP contribution in [0, 0.1) is 5.82 Å². The van der Waals surface area contributed by atoms with Gasteiger partial charge in [-0.3, -0.25) is 4.90 Å². The minimum atomic E-state index is -3.62. The van der Waals surface area contributed by atoms with Gasteiger partial charge in [-0.1, -0.05) is 12.1 Å². The Morgan fingerprint density at radius 2 is 1.54 bits per heavy atom. The van der Waals surface area contributed by atoms with Crippen molar-refractivity contribution in [1.29, 1.82) is 0 Å². The van der Waals surface area contributed by atoms with Crippen LogP contribution in [-0.4, -0.2) is 54.9 Å². The number of carboxylic acid groups (broad SMARTS) is 1. The average molecular weight is 378 g/mol. The molecule has 138 valence electrons. The zero-order valence-corrected chi connectivity index (χ0v) is 14.8. The standard InChI is InChI=1S/C18H19FN2O4S/c19-16-5-7-17(8-6-16)26(24,25)21-11-9-20(10-12-21)13-14-1-3-15(4-2-14)18(22)23/h1-8H,9-13H2,(H,22,23). The summed E-state index contributed by atoms with van der Waals surface area (Å²) in [6.45, 7) is 2.48. The van der Waals surface area contributed by atoms with E-state index in [0.29, 0.717) is 32.7 Å². The van der Waals surface area contributed by atoms with Gasteiger partial charge in [0.05, 0.1) is 10.5 Å². The van der Waals surface area contributed by atoms with Crippen LogP contribution in [0.5, 0.6) is 0 Å². The smallest absolute Gasteiger partial charge is 0.335 e. The first-order valence-corrected chi connectivity index (χ1v) is 9.60. The van der Waals surface area contributed by atoms with Crippen molar-refractivity contribution in [2.75, 3.05) is 26.2 Å². The van der Waals surface area contributed by atoms with Gasteiger partial charge in [0.25, 0.3) is 0 Å². The first-order valence-electron chi connectivity index (χ1n) is 8.16. The van der Waals surface area contributed by atoms with Gasteiger partial charge in [0.2, 0.25) is 10.0 Å². The second-order valence-electron chi connectivity index (χ2n) is 6.14. The number of halogens is 1. The van der Waals surface area contributed by atoms with Crippen molar-refractivity contribution in [3.63, 3.8) is 0 Å². The molecule has 2 aromatic rings. The molecule has 6 nitrogen and oxygen atoms in total. The molecule has 8 heteroatoms. The minimum Gasteiger partial charge on any atom is -0.478 e. The van der Waals surface area contributed by atoms with E-state index >= 15 is 0 Å². The lowest BCUT2D eigenvalue weighted by molar-refractivity contribution is 0.0697. The van der Waals surface area contributed by atoms with Crippen LogP contribution in [0.1, 0.15) is 15.9 Å². The summed E-state index contributed by atoms with van der Waals surface area (Å²) in [7, 11) is -3.62. The number of nitrogens with zero attached hydrogens (tertiary/aromatic N) is 2. The normalized spacial score (nSPS) is 16.5. The average Bonchev–Trinajstić information content (AvgIpc) is 2.63. The topological polar surface area (TPSA) is 77.9 Å². The lowest BCUT2D eigenvalue weighted by Crippen LogP contribution is -2.48. The minimum absolute atomic E-state index is 0.0941. The first kappa shape index (κ1) is 18.5. The van der Waals surface area contributed by atoms with Crippen LogP contribution in [0.2, 0.25) is 0 Å². The molecule has 1 N–H and O–H groups in total. The Labute approximate surface area is 151 Å². The summed E-state index contributed by atoms with van der Waals surface area (Å²) < 4.78 is 39.6. The van der Waals surface area contributed by atoms with Crippen LogP contribution in [0.4, 0.5) is 4.39 Å². The Hall–Kier alpha value is -2.29. The molecule has 0 atom stereocenters. The van der Waals surface area contributed by atoms with Crippen molar-refractivity contribution in [3.05, 3.63) is 65.5 Å². The summed E-state index contributed by atoms with van der Waals surface area (Å²) >= 11 is 0. The first-order chi connectivity index (χ1) is 12.4. The number of piperazine rings is 1. The van der Waals surface area contributed by atoms with E-state index < -0.39 is 21.8 Å². The molecule has 1 aliphatic heterocycles. The van der Waals surface area contributed by atoms with Crippen LogP contribution in [0.3, 0.4) is 0 Å². The molecular weight excluding hydrogens is 359 g/mol. The second kappa shape index (κ2) is 7.53. The maximum absolute atomic E-state index is 13.0. The van der Waals surface area contributed by atoms with Crippen LogP contribution in [0.25, 0.3) is 0 Å². The highest BCUT2D eigenvalue weighted by molar-refractivity contribution is 7.89. The van der Waals surface area contributed by atoms with Crippen molar-refractivity contribution in [3.8, 4) is 0 Å². The van der Waals surface area contributed by atoms with Crippen LogP contribution < -0.4 is 0 Å². The molecule has 1 aliphatic rings. The molecule has 3 rings (SSSR count). The molecule has 0 aromatic heterocycles. The van der Waals surface area contributed by atoms with Crippen LogP contribution >= 0.6 is 0 Å². The third-order valence-corrected chi connectivity index (χ3v) is 6.30. The zero-order valence-electron chi connectivity index (χ0n) is 14.0. The maximum atomic E-state index is 13.0. The van der Waals surface area contributed by atoms with Crippen LogP contribution in [-0.2, 0) is 16.6 Å². The number of aromatic carboxylic acids is 1.